The normalized spacial score (nSPS) is 11.2. The van der Waals surface area contributed by atoms with E-state index in [2.05, 4.69) is 26.6 Å². The number of hydrogen-bond donors (Lipinski definition) is 3. The van der Waals surface area contributed by atoms with E-state index < -0.39 is 0 Å². The lowest BCUT2D eigenvalue weighted by Gasteiger charge is -2.10. The molecule has 0 aliphatic heterocycles. The van der Waals surface area contributed by atoms with Gasteiger partial charge in [-0.3, -0.25) is 9.59 Å². The minimum absolute atomic E-state index is 0. The number of carbonyl (C=O) groups excluding carboxylic acids is 2. The van der Waals surface area contributed by atoms with Crippen LogP contribution in [0.5, 0.6) is 0 Å². The highest BCUT2D eigenvalue weighted by Crippen LogP contribution is 2.11. The van der Waals surface area contributed by atoms with Gasteiger partial charge in [-0.1, -0.05) is 28.9 Å². The zero-order valence-corrected chi connectivity index (χ0v) is 13.6. The van der Waals surface area contributed by atoms with Crippen molar-refractivity contribution in [2.45, 2.75) is 6.92 Å². The largest absolute Gasteiger partial charge is 0.354 e. The number of hydrogen-bond acceptors (Lipinski definition) is 3. The monoisotopic (exact) mass is 363 g/mol. The fourth-order valence-corrected chi connectivity index (χ4v) is 1.73. The molecule has 0 saturated carbocycles. The summed E-state index contributed by atoms with van der Waals surface area (Å²) < 4.78 is 0.821. The summed E-state index contributed by atoms with van der Waals surface area (Å²) >= 11 is 3.29. The molecule has 2 amide bonds. The summed E-state index contributed by atoms with van der Waals surface area (Å²) in [5.74, 6) is -0.267. The van der Waals surface area contributed by atoms with E-state index in [-0.39, 0.29) is 36.7 Å². The Hall–Kier alpha value is -1.11. The van der Waals surface area contributed by atoms with Crippen molar-refractivity contribution in [2.24, 2.45) is 11.7 Å². The maximum atomic E-state index is 11.8. The van der Waals surface area contributed by atoms with E-state index in [4.69, 9.17) is 5.73 Å². The number of benzene rings is 1. The molecule has 0 saturated heterocycles. The molecule has 0 fully saturated rings. The lowest BCUT2D eigenvalue weighted by Crippen LogP contribution is -2.39. The highest BCUT2D eigenvalue weighted by atomic mass is 79.9. The van der Waals surface area contributed by atoms with Crippen molar-refractivity contribution < 1.29 is 9.59 Å². The van der Waals surface area contributed by atoms with Crippen LogP contribution in [0.1, 0.15) is 17.3 Å². The van der Waals surface area contributed by atoms with E-state index in [0.717, 1.165) is 4.47 Å². The first kappa shape index (κ1) is 18.9. The lowest BCUT2D eigenvalue weighted by atomic mass is 10.2. The van der Waals surface area contributed by atoms with E-state index in [9.17, 15) is 9.59 Å². The molecule has 1 aromatic carbocycles. The summed E-state index contributed by atoms with van der Waals surface area (Å²) in [5.41, 5.74) is 5.96. The molecule has 1 atom stereocenters. The first-order valence-electron chi connectivity index (χ1n) is 6.03. The average Bonchev–Trinajstić information content (AvgIpc) is 2.41. The Morgan fingerprint density at radius 1 is 1.35 bits per heavy atom. The SMILES string of the molecule is CC(CN)CNC(=O)CNC(=O)c1cccc(Br)c1.Cl. The first-order valence-corrected chi connectivity index (χ1v) is 6.82. The molecule has 0 spiro atoms. The minimum Gasteiger partial charge on any atom is -0.354 e. The molecule has 112 valence electrons. The molecule has 0 radical (unpaired) electrons. The second kappa shape index (κ2) is 9.74. The van der Waals surface area contributed by atoms with Gasteiger partial charge in [-0.15, -0.1) is 12.4 Å². The molecule has 7 heteroatoms. The summed E-state index contributed by atoms with van der Waals surface area (Å²) in [4.78, 5) is 23.3. The van der Waals surface area contributed by atoms with Gasteiger partial charge in [0.05, 0.1) is 6.54 Å². The van der Waals surface area contributed by atoms with E-state index in [1.165, 1.54) is 0 Å². The fraction of sp³-hybridized carbons (Fsp3) is 0.385. The van der Waals surface area contributed by atoms with Crippen LogP contribution < -0.4 is 16.4 Å². The second-order valence-corrected chi connectivity index (χ2v) is 5.25. The van der Waals surface area contributed by atoms with Crippen LogP contribution >= 0.6 is 28.3 Å². The van der Waals surface area contributed by atoms with Crippen LogP contribution in [-0.2, 0) is 4.79 Å². The standard InChI is InChI=1S/C13H18BrN3O2.ClH/c1-9(6-15)7-16-12(18)8-17-13(19)10-3-2-4-11(14)5-10;/h2-5,9H,6-8,15H2,1H3,(H,16,18)(H,17,19);1H. The van der Waals surface area contributed by atoms with Crippen molar-refractivity contribution in [3.05, 3.63) is 34.3 Å². The number of nitrogens with two attached hydrogens (primary N) is 1. The van der Waals surface area contributed by atoms with Gasteiger partial charge in [0.25, 0.3) is 5.91 Å². The Morgan fingerprint density at radius 3 is 2.65 bits per heavy atom. The van der Waals surface area contributed by atoms with Crippen LogP contribution in [0.15, 0.2) is 28.7 Å². The third kappa shape index (κ3) is 6.88. The average molecular weight is 365 g/mol. The Bertz CT molecular complexity index is 457. The van der Waals surface area contributed by atoms with Gasteiger partial charge < -0.3 is 16.4 Å². The van der Waals surface area contributed by atoms with Gasteiger partial charge in [0.2, 0.25) is 5.91 Å². The molecule has 0 aromatic heterocycles. The molecule has 1 rings (SSSR count). The van der Waals surface area contributed by atoms with Crippen molar-refractivity contribution in [1.29, 1.82) is 0 Å². The van der Waals surface area contributed by atoms with Gasteiger partial charge in [-0.05, 0) is 30.7 Å². The van der Waals surface area contributed by atoms with Crippen molar-refractivity contribution in [2.75, 3.05) is 19.6 Å². The maximum absolute atomic E-state index is 11.8. The molecular formula is C13H19BrClN3O2. The Labute approximate surface area is 133 Å². The van der Waals surface area contributed by atoms with Crippen LogP contribution in [0.4, 0.5) is 0 Å². The quantitative estimate of drug-likeness (QED) is 0.711. The molecule has 0 heterocycles. The smallest absolute Gasteiger partial charge is 0.251 e. The first-order chi connectivity index (χ1) is 9.02. The third-order valence-electron chi connectivity index (χ3n) is 2.55. The van der Waals surface area contributed by atoms with Crippen LogP contribution in [0.25, 0.3) is 0 Å². The van der Waals surface area contributed by atoms with E-state index >= 15 is 0 Å². The summed E-state index contributed by atoms with van der Waals surface area (Å²) in [6.07, 6.45) is 0. The Morgan fingerprint density at radius 2 is 2.05 bits per heavy atom. The third-order valence-corrected chi connectivity index (χ3v) is 3.04. The van der Waals surface area contributed by atoms with E-state index in [0.29, 0.717) is 18.7 Å². The minimum atomic E-state index is -0.275. The van der Waals surface area contributed by atoms with Crippen molar-refractivity contribution in [1.82, 2.24) is 10.6 Å². The zero-order chi connectivity index (χ0) is 14.3. The Kier molecular flexibility index (Phi) is 9.20. The van der Waals surface area contributed by atoms with Gasteiger partial charge in [-0.2, -0.15) is 0 Å². The van der Waals surface area contributed by atoms with Crippen LogP contribution in [0.3, 0.4) is 0 Å². The lowest BCUT2D eigenvalue weighted by molar-refractivity contribution is -0.120. The van der Waals surface area contributed by atoms with Crippen LogP contribution in [0.2, 0.25) is 0 Å². The topological polar surface area (TPSA) is 84.2 Å². The molecule has 0 aliphatic rings. The summed E-state index contributed by atoms with van der Waals surface area (Å²) in [7, 11) is 0. The molecule has 1 aromatic rings. The van der Waals surface area contributed by atoms with Crippen molar-refractivity contribution in [3.8, 4) is 0 Å². The number of carbonyl (C=O) groups is 2. The number of halogens is 2. The second-order valence-electron chi connectivity index (χ2n) is 4.34. The molecule has 0 bridgehead atoms. The highest BCUT2D eigenvalue weighted by molar-refractivity contribution is 9.10. The molecule has 1 unspecified atom stereocenters. The van der Waals surface area contributed by atoms with Gasteiger partial charge in [0, 0.05) is 16.6 Å². The number of rotatable bonds is 6. The summed E-state index contributed by atoms with van der Waals surface area (Å²) in [6, 6.07) is 6.98. The molecule has 4 N–H and O–H groups in total. The predicted octanol–water partition coefficient (Wildman–Crippen LogP) is 1.31. The van der Waals surface area contributed by atoms with E-state index in [1.807, 2.05) is 13.0 Å². The predicted molar refractivity (Wildman–Crippen MR) is 85.0 cm³/mol. The maximum Gasteiger partial charge on any atom is 0.251 e. The summed E-state index contributed by atoms with van der Waals surface area (Å²) in [6.45, 7) is 2.94. The van der Waals surface area contributed by atoms with Gasteiger partial charge in [-0.25, -0.2) is 0 Å². The number of nitrogens with one attached hydrogen (secondary N) is 2. The molecule has 5 nitrogen and oxygen atoms in total. The van der Waals surface area contributed by atoms with Crippen LogP contribution in [0, 0.1) is 5.92 Å². The molecule has 0 aliphatic carbocycles. The molecule has 20 heavy (non-hydrogen) atoms. The van der Waals surface area contributed by atoms with Crippen molar-refractivity contribution in [3.63, 3.8) is 0 Å². The van der Waals surface area contributed by atoms with Gasteiger partial charge in [0.1, 0.15) is 0 Å². The number of amides is 2. The Balaban J connectivity index is 0.00000361. The highest BCUT2D eigenvalue weighted by Gasteiger charge is 2.08. The van der Waals surface area contributed by atoms with Gasteiger partial charge >= 0.3 is 0 Å². The zero-order valence-electron chi connectivity index (χ0n) is 11.2. The van der Waals surface area contributed by atoms with Crippen molar-refractivity contribution >= 4 is 40.2 Å². The summed E-state index contributed by atoms with van der Waals surface area (Å²) in [5, 5.41) is 5.27. The van der Waals surface area contributed by atoms with Gasteiger partial charge in [0.15, 0.2) is 0 Å². The van der Waals surface area contributed by atoms with E-state index in [1.54, 1.807) is 18.2 Å². The van der Waals surface area contributed by atoms with Crippen LogP contribution in [-0.4, -0.2) is 31.4 Å². The fourth-order valence-electron chi connectivity index (χ4n) is 1.33. The molecular weight excluding hydrogens is 346 g/mol.